The van der Waals surface area contributed by atoms with Crippen LogP contribution in [0.2, 0.25) is 0 Å². The summed E-state index contributed by atoms with van der Waals surface area (Å²) in [7, 11) is 4.77. The number of carbonyl (C=O) groups excluding carboxylic acids is 2. The molecule has 2 amide bonds. The standard InChI is InChI=1S/C32H44N2O6/c1-19(30(36)33-18-21-7-12-26(39-5)27(17-21)40-6)24-13-15-32(3)16-14-25(20(2)28(32)29(24)35)34-31(37)22-8-10-23(38-4)11-9-22/h7-12,17,19-20,24-25,28-29,35H,13-16,18H2,1-6H3,(H,33,36)(H,34,37)/t19-,20+,24?,25-,28+,29-,32-/m0/s1. The number of aliphatic hydroxyl groups is 1. The molecule has 2 saturated carbocycles. The van der Waals surface area contributed by atoms with Crippen LogP contribution in [0, 0.1) is 29.1 Å². The van der Waals surface area contributed by atoms with Gasteiger partial charge in [0.15, 0.2) is 11.5 Å². The van der Waals surface area contributed by atoms with E-state index in [0.29, 0.717) is 29.4 Å². The van der Waals surface area contributed by atoms with Crippen LogP contribution in [0.15, 0.2) is 42.5 Å². The molecule has 0 bridgehead atoms. The van der Waals surface area contributed by atoms with Gasteiger partial charge in [-0.25, -0.2) is 0 Å². The predicted molar refractivity (Wildman–Crippen MR) is 154 cm³/mol. The van der Waals surface area contributed by atoms with Crippen LogP contribution in [-0.2, 0) is 11.3 Å². The molecule has 2 aliphatic rings. The third-order valence-electron chi connectivity index (χ3n) is 9.53. The number of nitrogens with one attached hydrogen (secondary N) is 2. The molecule has 0 saturated heterocycles. The summed E-state index contributed by atoms with van der Waals surface area (Å²) in [5.74, 6) is 1.33. The highest BCUT2D eigenvalue weighted by Gasteiger charge is 2.53. The minimum absolute atomic E-state index is 0.0118. The summed E-state index contributed by atoms with van der Waals surface area (Å²) in [6.45, 7) is 6.67. The number of methoxy groups -OCH3 is 3. The lowest BCUT2D eigenvalue weighted by atomic mass is 9.51. The highest BCUT2D eigenvalue weighted by atomic mass is 16.5. The zero-order chi connectivity index (χ0) is 29.0. The van der Waals surface area contributed by atoms with Gasteiger partial charge in [-0.2, -0.15) is 0 Å². The Bertz CT molecular complexity index is 1180. The molecule has 40 heavy (non-hydrogen) atoms. The van der Waals surface area contributed by atoms with Gasteiger partial charge in [0.2, 0.25) is 5.91 Å². The van der Waals surface area contributed by atoms with E-state index in [4.69, 9.17) is 14.2 Å². The second-order valence-corrected chi connectivity index (χ2v) is 11.8. The third kappa shape index (κ3) is 6.07. The second kappa shape index (κ2) is 12.5. The first kappa shape index (κ1) is 29.7. The summed E-state index contributed by atoms with van der Waals surface area (Å²) in [6.07, 6.45) is 2.93. The Morgan fingerprint density at radius 2 is 1.68 bits per heavy atom. The summed E-state index contributed by atoms with van der Waals surface area (Å²) in [6, 6.07) is 12.6. The Morgan fingerprint density at radius 1 is 1.00 bits per heavy atom. The summed E-state index contributed by atoms with van der Waals surface area (Å²) in [5.41, 5.74) is 1.47. The SMILES string of the molecule is COc1ccc(C(=O)N[C@H]2CC[C@]3(C)CCC([C@H](C)C(=O)NCc4ccc(OC)c(OC)c4)[C@H](O)[C@H]3[C@@H]2C)cc1. The molecule has 8 heteroatoms. The van der Waals surface area contributed by atoms with E-state index in [-0.39, 0.29) is 46.9 Å². The van der Waals surface area contributed by atoms with Crippen LogP contribution in [0.5, 0.6) is 17.2 Å². The molecule has 0 radical (unpaired) electrons. The van der Waals surface area contributed by atoms with Crippen molar-refractivity contribution in [3.8, 4) is 17.2 Å². The number of hydrogen-bond acceptors (Lipinski definition) is 6. The Morgan fingerprint density at radius 3 is 2.33 bits per heavy atom. The maximum absolute atomic E-state index is 13.2. The minimum Gasteiger partial charge on any atom is -0.497 e. The van der Waals surface area contributed by atoms with Crippen LogP contribution in [0.1, 0.15) is 62.4 Å². The fourth-order valence-corrected chi connectivity index (χ4v) is 7.03. The van der Waals surface area contributed by atoms with Crippen LogP contribution in [0.25, 0.3) is 0 Å². The molecule has 0 aliphatic heterocycles. The smallest absolute Gasteiger partial charge is 0.251 e. The highest BCUT2D eigenvalue weighted by Crippen LogP contribution is 2.55. The Labute approximate surface area is 237 Å². The lowest BCUT2D eigenvalue weighted by molar-refractivity contribution is -0.142. The fourth-order valence-electron chi connectivity index (χ4n) is 7.03. The van der Waals surface area contributed by atoms with Crippen LogP contribution < -0.4 is 24.8 Å². The maximum atomic E-state index is 13.2. The molecular weight excluding hydrogens is 508 g/mol. The van der Waals surface area contributed by atoms with Crippen LogP contribution in [0.4, 0.5) is 0 Å². The molecule has 7 atom stereocenters. The number of hydrogen-bond donors (Lipinski definition) is 3. The van der Waals surface area contributed by atoms with E-state index in [9.17, 15) is 14.7 Å². The van der Waals surface area contributed by atoms with Gasteiger partial charge in [-0.1, -0.05) is 26.8 Å². The summed E-state index contributed by atoms with van der Waals surface area (Å²) >= 11 is 0. The van der Waals surface area contributed by atoms with Crippen molar-refractivity contribution < 1.29 is 28.9 Å². The largest absolute Gasteiger partial charge is 0.497 e. The second-order valence-electron chi connectivity index (χ2n) is 11.8. The van der Waals surface area contributed by atoms with Crippen molar-refractivity contribution in [1.29, 1.82) is 0 Å². The average Bonchev–Trinajstić information content (AvgIpc) is 2.96. The van der Waals surface area contributed by atoms with Crippen molar-refractivity contribution in [3.05, 3.63) is 53.6 Å². The zero-order valence-electron chi connectivity index (χ0n) is 24.5. The average molecular weight is 553 g/mol. The molecule has 0 spiro atoms. The molecule has 2 aromatic carbocycles. The Balaban J connectivity index is 1.40. The summed E-state index contributed by atoms with van der Waals surface area (Å²) in [5, 5.41) is 18.0. The molecule has 8 nitrogen and oxygen atoms in total. The van der Waals surface area contributed by atoms with Crippen molar-refractivity contribution in [3.63, 3.8) is 0 Å². The van der Waals surface area contributed by atoms with Crippen LogP contribution in [-0.4, -0.2) is 50.4 Å². The first-order chi connectivity index (χ1) is 19.1. The lowest BCUT2D eigenvalue weighted by Crippen LogP contribution is -2.58. The van der Waals surface area contributed by atoms with Gasteiger partial charge >= 0.3 is 0 Å². The number of rotatable bonds is 9. The van der Waals surface area contributed by atoms with E-state index in [1.165, 1.54) is 0 Å². The molecular formula is C32H44N2O6. The van der Waals surface area contributed by atoms with E-state index in [2.05, 4.69) is 24.5 Å². The minimum atomic E-state index is -0.628. The van der Waals surface area contributed by atoms with Crippen molar-refractivity contribution in [2.45, 2.75) is 65.1 Å². The topological polar surface area (TPSA) is 106 Å². The molecule has 3 N–H and O–H groups in total. The van der Waals surface area contributed by atoms with E-state index < -0.39 is 6.10 Å². The normalized spacial score (nSPS) is 28.5. The number of carbonyl (C=O) groups is 2. The molecule has 218 valence electrons. The molecule has 0 heterocycles. The van der Waals surface area contributed by atoms with Gasteiger partial charge in [0, 0.05) is 24.1 Å². The lowest BCUT2D eigenvalue weighted by Gasteiger charge is -2.56. The van der Waals surface area contributed by atoms with Crippen LogP contribution in [0.3, 0.4) is 0 Å². The Kier molecular flexibility index (Phi) is 9.29. The van der Waals surface area contributed by atoms with E-state index in [0.717, 1.165) is 31.2 Å². The van der Waals surface area contributed by atoms with Gasteiger partial charge in [0.1, 0.15) is 5.75 Å². The van der Waals surface area contributed by atoms with Crippen LogP contribution >= 0.6 is 0 Å². The van der Waals surface area contributed by atoms with Gasteiger partial charge in [-0.15, -0.1) is 0 Å². The number of ether oxygens (including phenoxy) is 3. The first-order valence-corrected chi connectivity index (χ1v) is 14.2. The van der Waals surface area contributed by atoms with Gasteiger partial charge in [0.25, 0.3) is 5.91 Å². The zero-order valence-corrected chi connectivity index (χ0v) is 24.5. The molecule has 2 aromatic rings. The predicted octanol–water partition coefficient (Wildman–Crippen LogP) is 4.59. The van der Waals surface area contributed by atoms with Crippen molar-refractivity contribution in [2.75, 3.05) is 21.3 Å². The molecule has 4 rings (SSSR count). The number of fused-ring (bicyclic) bond motifs is 1. The summed E-state index contributed by atoms with van der Waals surface area (Å²) < 4.78 is 15.9. The van der Waals surface area contributed by atoms with E-state index in [1.807, 2.05) is 25.1 Å². The van der Waals surface area contributed by atoms with Crippen molar-refractivity contribution in [2.24, 2.45) is 29.1 Å². The van der Waals surface area contributed by atoms with Gasteiger partial charge in [0.05, 0.1) is 27.4 Å². The number of benzene rings is 2. The van der Waals surface area contributed by atoms with Gasteiger partial charge in [-0.05, 0) is 90.8 Å². The number of amides is 2. The maximum Gasteiger partial charge on any atom is 0.251 e. The fraction of sp³-hybridized carbons (Fsp3) is 0.562. The molecule has 0 aromatic heterocycles. The highest BCUT2D eigenvalue weighted by molar-refractivity contribution is 5.94. The van der Waals surface area contributed by atoms with Gasteiger partial charge < -0.3 is 30.0 Å². The van der Waals surface area contributed by atoms with E-state index >= 15 is 0 Å². The third-order valence-corrected chi connectivity index (χ3v) is 9.53. The Hall–Kier alpha value is -3.26. The quantitative estimate of drug-likeness (QED) is 0.420. The number of aliphatic hydroxyl groups excluding tert-OH is 1. The molecule has 1 unspecified atom stereocenters. The molecule has 2 fully saturated rings. The van der Waals surface area contributed by atoms with E-state index in [1.54, 1.807) is 45.6 Å². The summed E-state index contributed by atoms with van der Waals surface area (Å²) in [4.78, 5) is 26.3. The van der Waals surface area contributed by atoms with Crippen molar-refractivity contribution >= 4 is 11.8 Å². The van der Waals surface area contributed by atoms with Gasteiger partial charge in [-0.3, -0.25) is 9.59 Å². The monoisotopic (exact) mass is 552 g/mol. The molecule has 2 aliphatic carbocycles. The van der Waals surface area contributed by atoms with Crippen molar-refractivity contribution in [1.82, 2.24) is 10.6 Å². The first-order valence-electron chi connectivity index (χ1n) is 14.2.